The minimum Gasteiger partial charge on any atom is -0.431 e. The van der Waals surface area contributed by atoms with Crippen molar-refractivity contribution in [1.82, 2.24) is 4.98 Å². The number of hydrogen-bond acceptors (Lipinski definition) is 3. The minimum atomic E-state index is -0.130. The molecular weight excluding hydrogens is 276 g/mol. The fourth-order valence-electron chi connectivity index (χ4n) is 1.79. The van der Waals surface area contributed by atoms with E-state index in [0.29, 0.717) is 17.6 Å². The SMILES string of the molecule is Cc1coc(N(Cc2ccc(Cl)cc2)C(=O)C(C)C)n1. The zero-order valence-electron chi connectivity index (χ0n) is 11.8. The van der Waals surface area contributed by atoms with Crippen LogP contribution in [0.25, 0.3) is 0 Å². The molecule has 20 heavy (non-hydrogen) atoms. The van der Waals surface area contributed by atoms with Crippen molar-refractivity contribution in [3.05, 3.63) is 46.8 Å². The van der Waals surface area contributed by atoms with E-state index in [-0.39, 0.29) is 11.8 Å². The summed E-state index contributed by atoms with van der Waals surface area (Å²) in [6, 6.07) is 7.71. The quantitative estimate of drug-likeness (QED) is 0.860. The summed E-state index contributed by atoms with van der Waals surface area (Å²) in [7, 11) is 0. The van der Waals surface area contributed by atoms with Crippen LogP contribution in [0.4, 0.5) is 6.01 Å². The number of aromatic nitrogens is 1. The topological polar surface area (TPSA) is 46.3 Å². The number of halogens is 1. The maximum Gasteiger partial charge on any atom is 0.304 e. The lowest BCUT2D eigenvalue weighted by molar-refractivity contribution is -0.121. The van der Waals surface area contributed by atoms with Gasteiger partial charge < -0.3 is 4.42 Å². The third kappa shape index (κ3) is 3.39. The number of nitrogens with zero attached hydrogens (tertiary/aromatic N) is 2. The summed E-state index contributed by atoms with van der Waals surface area (Å²) < 4.78 is 5.36. The van der Waals surface area contributed by atoms with Gasteiger partial charge in [0.1, 0.15) is 6.26 Å². The van der Waals surface area contributed by atoms with E-state index in [2.05, 4.69) is 4.98 Å². The molecule has 1 aromatic carbocycles. The molecule has 4 nitrogen and oxygen atoms in total. The Bertz CT molecular complexity index is 590. The fourth-order valence-corrected chi connectivity index (χ4v) is 1.92. The average molecular weight is 293 g/mol. The van der Waals surface area contributed by atoms with Crippen LogP contribution in [-0.4, -0.2) is 10.9 Å². The standard InChI is InChI=1S/C15H17ClN2O2/c1-10(2)14(19)18(15-17-11(3)9-20-15)8-12-4-6-13(16)7-5-12/h4-7,9-10H,8H2,1-3H3. The molecule has 0 spiro atoms. The highest BCUT2D eigenvalue weighted by molar-refractivity contribution is 6.30. The largest absolute Gasteiger partial charge is 0.431 e. The van der Waals surface area contributed by atoms with Gasteiger partial charge in [-0.15, -0.1) is 0 Å². The van der Waals surface area contributed by atoms with Crippen LogP contribution >= 0.6 is 11.6 Å². The maximum absolute atomic E-state index is 12.3. The van der Waals surface area contributed by atoms with Crippen LogP contribution in [0.15, 0.2) is 34.9 Å². The summed E-state index contributed by atoms with van der Waals surface area (Å²) in [5.74, 6) is -0.156. The van der Waals surface area contributed by atoms with Gasteiger partial charge in [-0.1, -0.05) is 37.6 Å². The second-order valence-electron chi connectivity index (χ2n) is 4.98. The number of hydrogen-bond donors (Lipinski definition) is 0. The van der Waals surface area contributed by atoms with Crippen molar-refractivity contribution >= 4 is 23.5 Å². The molecule has 0 aliphatic carbocycles. The molecule has 5 heteroatoms. The maximum atomic E-state index is 12.3. The molecule has 0 saturated heterocycles. The van der Waals surface area contributed by atoms with Crippen LogP contribution in [0.5, 0.6) is 0 Å². The van der Waals surface area contributed by atoms with E-state index < -0.39 is 0 Å². The van der Waals surface area contributed by atoms with Crippen LogP contribution in [0.3, 0.4) is 0 Å². The lowest BCUT2D eigenvalue weighted by Gasteiger charge is -2.20. The van der Waals surface area contributed by atoms with Crippen molar-refractivity contribution in [1.29, 1.82) is 0 Å². The number of carbonyl (C=O) groups is 1. The monoisotopic (exact) mass is 292 g/mol. The Hall–Kier alpha value is -1.81. The second-order valence-corrected chi connectivity index (χ2v) is 5.41. The smallest absolute Gasteiger partial charge is 0.304 e. The number of aryl methyl sites for hydroxylation is 1. The van der Waals surface area contributed by atoms with E-state index in [1.807, 2.05) is 32.9 Å². The molecule has 1 heterocycles. The van der Waals surface area contributed by atoms with Gasteiger partial charge in [0, 0.05) is 10.9 Å². The first-order valence-corrected chi connectivity index (χ1v) is 6.83. The van der Waals surface area contributed by atoms with Crippen molar-refractivity contribution in [2.75, 3.05) is 4.90 Å². The molecule has 0 fully saturated rings. The van der Waals surface area contributed by atoms with Crippen LogP contribution in [-0.2, 0) is 11.3 Å². The molecule has 0 bridgehead atoms. The lowest BCUT2D eigenvalue weighted by atomic mass is 10.1. The molecule has 0 aliphatic heterocycles. The Kier molecular flexibility index (Phi) is 4.45. The van der Waals surface area contributed by atoms with Crippen LogP contribution < -0.4 is 4.90 Å². The van der Waals surface area contributed by atoms with Gasteiger partial charge in [-0.3, -0.25) is 9.69 Å². The molecule has 1 aromatic heterocycles. The zero-order valence-corrected chi connectivity index (χ0v) is 12.5. The third-order valence-electron chi connectivity index (χ3n) is 2.85. The highest BCUT2D eigenvalue weighted by Crippen LogP contribution is 2.20. The number of anilines is 1. The fraction of sp³-hybridized carbons (Fsp3) is 0.333. The molecular formula is C15H17ClN2O2. The Balaban J connectivity index is 2.27. The summed E-state index contributed by atoms with van der Waals surface area (Å²) >= 11 is 5.87. The van der Waals surface area contributed by atoms with E-state index in [4.69, 9.17) is 16.0 Å². The number of oxazole rings is 1. The van der Waals surface area contributed by atoms with E-state index in [0.717, 1.165) is 11.3 Å². The van der Waals surface area contributed by atoms with Gasteiger partial charge in [0.2, 0.25) is 5.91 Å². The van der Waals surface area contributed by atoms with Crippen LogP contribution in [0.1, 0.15) is 25.1 Å². The first kappa shape index (κ1) is 14.6. The average Bonchev–Trinajstić information content (AvgIpc) is 2.83. The Morgan fingerprint density at radius 1 is 1.35 bits per heavy atom. The molecule has 2 aromatic rings. The number of rotatable bonds is 4. The molecule has 2 rings (SSSR count). The Morgan fingerprint density at radius 3 is 2.50 bits per heavy atom. The van der Waals surface area contributed by atoms with Gasteiger partial charge in [-0.2, -0.15) is 4.98 Å². The van der Waals surface area contributed by atoms with Gasteiger partial charge in [-0.25, -0.2) is 0 Å². The van der Waals surface area contributed by atoms with Gasteiger partial charge in [0.25, 0.3) is 0 Å². The molecule has 0 N–H and O–H groups in total. The normalized spacial score (nSPS) is 10.8. The van der Waals surface area contributed by atoms with Crippen molar-refractivity contribution in [3.8, 4) is 0 Å². The van der Waals surface area contributed by atoms with Gasteiger partial charge in [0.05, 0.1) is 12.2 Å². The summed E-state index contributed by atoms with van der Waals surface area (Å²) in [5.41, 5.74) is 1.72. The lowest BCUT2D eigenvalue weighted by Crippen LogP contribution is -2.34. The van der Waals surface area contributed by atoms with Crippen molar-refractivity contribution < 1.29 is 9.21 Å². The summed E-state index contributed by atoms with van der Waals surface area (Å²) in [6.45, 7) is 5.95. The van der Waals surface area contributed by atoms with Crippen LogP contribution in [0, 0.1) is 12.8 Å². The first-order valence-electron chi connectivity index (χ1n) is 6.45. The van der Waals surface area contributed by atoms with E-state index in [1.165, 1.54) is 6.26 Å². The Labute approximate surface area is 123 Å². The van der Waals surface area contributed by atoms with Gasteiger partial charge in [-0.05, 0) is 24.6 Å². The third-order valence-corrected chi connectivity index (χ3v) is 3.10. The summed E-state index contributed by atoms with van der Waals surface area (Å²) in [6.07, 6.45) is 1.54. The molecule has 0 unspecified atom stereocenters. The van der Waals surface area contributed by atoms with Gasteiger partial charge >= 0.3 is 6.01 Å². The first-order chi connectivity index (χ1) is 9.47. The molecule has 0 saturated carbocycles. The van der Waals surface area contributed by atoms with Crippen molar-refractivity contribution in [2.45, 2.75) is 27.3 Å². The Morgan fingerprint density at radius 2 is 2.00 bits per heavy atom. The van der Waals surface area contributed by atoms with E-state index in [1.54, 1.807) is 17.0 Å². The molecule has 1 amide bonds. The number of carbonyl (C=O) groups excluding carboxylic acids is 1. The highest BCUT2D eigenvalue weighted by Gasteiger charge is 2.23. The van der Waals surface area contributed by atoms with E-state index in [9.17, 15) is 4.79 Å². The minimum absolute atomic E-state index is 0.0261. The zero-order chi connectivity index (χ0) is 14.7. The molecule has 0 aliphatic rings. The highest BCUT2D eigenvalue weighted by atomic mass is 35.5. The van der Waals surface area contributed by atoms with Crippen molar-refractivity contribution in [3.63, 3.8) is 0 Å². The van der Waals surface area contributed by atoms with Crippen LogP contribution in [0.2, 0.25) is 5.02 Å². The van der Waals surface area contributed by atoms with Crippen molar-refractivity contribution in [2.24, 2.45) is 5.92 Å². The number of benzene rings is 1. The van der Waals surface area contributed by atoms with E-state index >= 15 is 0 Å². The predicted octanol–water partition coefficient (Wildman–Crippen LogP) is 3.83. The molecule has 0 atom stereocenters. The molecule has 0 radical (unpaired) electrons. The second kappa shape index (κ2) is 6.09. The predicted molar refractivity (Wildman–Crippen MR) is 78.7 cm³/mol. The van der Waals surface area contributed by atoms with Gasteiger partial charge in [0.15, 0.2) is 0 Å². The molecule has 106 valence electrons. The summed E-state index contributed by atoms with van der Waals surface area (Å²) in [4.78, 5) is 18.1. The number of amides is 1. The summed E-state index contributed by atoms with van der Waals surface area (Å²) in [5, 5.41) is 0.669.